The van der Waals surface area contributed by atoms with E-state index in [9.17, 15) is 76.3 Å². The smallest absolute Gasteiger partial charge is 0.328 e. The number of benzene rings is 10. The number of carbonyl (C=O) groups excluding carboxylic acids is 7. The van der Waals surface area contributed by atoms with Crippen molar-refractivity contribution < 1.29 is 81.9 Å². The van der Waals surface area contributed by atoms with Crippen molar-refractivity contribution in [1.29, 1.82) is 0 Å². The molecule has 15 rings (SSSR count). The maximum Gasteiger partial charge on any atom is 0.328 e. The summed E-state index contributed by atoms with van der Waals surface area (Å²) in [6.07, 6.45) is 7.80. The van der Waals surface area contributed by atoms with Gasteiger partial charge in [0.2, 0.25) is 27.1 Å². The molecular formula is C105H97Br2FN10O21. The van der Waals surface area contributed by atoms with Gasteiger partial charge >= 0.3 is 29.8 Å². The highest BCUT2D eigenvalue weighted by Crippen LogP contribution is 2.26. The van der Waals surface area contributed by atoms with Crippen LogP contribution in [0.4, 0.5) is 4.39 Å². The Morgan fingerprint density at radius 1 is 0.353 bits per heavy atom. The zero-order valence-corrected chi connectivity index (χ0v) is 79.7. The Balaban J connectivity index is 0.000000167. The fraction of sp³-hybridized carbons (Fsp3) is 0.190. The van der Waals surface area contributed by atoms with Crippen LogP contribution >= 0.6 is 31.9 Å². The number of methoxy groups -OCH3 is 3. The number of carbonyl (C=O) groups is 10. The van der Waals surface area contributed by atoms with Crippen molar-refractivity contribution in [1.82, 2.24) is 49.4 Å². The van der Waals surface area contributed by atoms with Crippen molar-refractivity contribution in [2.24, 2.45) is 5.92 Å². The van der Waals surface area contributed by atoms with Crippen LogP contribution in [0, 0.1) is 25.6 Å². The van der Waals surface area contributed by atoms with Gasteiger partial charge in [-0.05, 0) is 146 Å². The Hall–Kier alpha value is -16.4. The summed E-state index contributed by atoms with van der Waals surface area (Å²) in [4.78, 5) is 182. The van der Waals surface area contributed by atoms with E-state index in [1.54, 1.807) is 107 Å². The lowest BCUT2D eigenvalue weighted by Crippen LogP contribution is -2.43. The first-order valence-electron chi connectivity index (χ1n) is 43.3. The lowest BCUT2D eigenvalue weighted by molar-refractivity contribution is -0.143. The Kier molecular flexibility index (Phi) is 35.8. The first kappa shape index (κ1) is 103. The average molecular weight is 2010 g/mol. The molecule has 5 aromatic heterocycles. The van der Waals surface area contributed by atoms with Gasteiger partial charge in [-0.3, -0.25) is 62.3 Å². The second kappa shape index (κ2) is 48.2. The van der Waals surface area contributed by atoms with Crippen LogP contribution in [0.3, 0.4) is 0 Å². The van der Waals surface area contributed by atoms with Gasteiger partial charge in [-0.2, -0.15) is 0 Å². The quantitative estimate of drug-likeness (QED) is 0.0211. The van der Waals surface area contributed by atoms with E-state index in [0.29, 0.717) is 76.1 Å². The molecule has 714 valence electrons. The third-order valence-corrected chi connectivity index (χ3v) is 22.7. The summed E-state index contributed by atoms with van der Waals surface area (Å²) in [5.41, 5.74) is 7.62. The number of pyridine rings is 5. The van der Waals surface area contributed by atoms with Crippen molar-refractivity contribution in [3.8, 4) is 5.75 Å². The Morgan fingerprint density at radius 3 is 1.04 bits per heavy atom. The maximum absolute atomic E-state index is 14.0. The van der Waals surface area contributed by atoms with Crippen LogP contribution < -0.4 is 58.5 Å². The fourth-order valence-corrected chi connectivity index (χ4v) is 15.9. The third-order valence-electron chi connectivity index (χ3n) is 21.7. The van der Waals surface area contributed by atoms with Gasteiger partial charge in [0.25, 0.3) is 29.5 Å². The molecule has 0 radical (unpaired) electrons. The van der Waals surface area contributed by atoms with Gasteiger partial charge in [-0.1, -0.05) is 202 Å². The number of nitrogens with one attached hydrogen (secondary N) is 5. The van der Waals surface area contributed by atoms with Crippen molar-refractivity contribution >= 4 is 146 Å². The first-order chi connectivity index (χ1) is 66.5. The molecule has 34 heteroatoms. The highest BCUT2D eigenvalue weighted by Gasteiger charge is 2.28. The first-order valence-corrected chi connectivity index (χ1v) is 44.9. The van der Waals surface area contributed by atoms with Gasteiger partial charge in [0.05, 0.1) is 55.5 Å². The number of para-hydroxylation sites is 3. The molecule has 0 spiro atoms. The molecular weight excluding hydrogens is 1920 g/mol. The lowest BCUT2D eigenvalue weighted by Gasteiger charge is -2.19. The average Bonchev–Trinajstić information content (AvgIpc) is 1.54. The molecule has 0 bridgehead atoms. The number of amides is 5. The molecule has 8 N–H and O–H groups in total. The molecule has 31 nitrogen and oxygen atoms in total. The molecule has 0 saturated heterocycles. The van der Waals surface area contributed by atoms with E-state index in [-0.39, 0.29) is 45.7 Å². The summed E-state index contributed by atoms with van der Waals surface area (Å²) in [7, 11) is 4.11. The predicted octanol–water partition coefficient (Wildman–Crippen LogP) is 13.6. The monoisotopic (exact) mass is 2010 g/mol. The van der Waals surface area contributed by atoms with Gasteiger partial charge < -0.3 is 78.9 Å². The fourth-order valence-electron chi connectivity index (χ4n) is 15.2. The van der Waals surface area contributed by atoms with E-state index >= 15 is 0 Å². The number of hydrogen-bond donors (Lipinski definition) is 8. The molecule has 139 heavy (non-hydrogen) atoms. The zero-order valence-electron chi connectivity index (χ0n) is 76.6. The summed E-state index contributed by atoms with van der Waals surface area (Å²) in [5.74, 6) is -7.58. The van der Waals surface area contributed by atoms with Crippen molar-refractivity contribution in [2.45, 2.75) is 85.8 Å². The number of aliphatic carboxylic acids is 3. The number of rotatable bonds is 28. The Morgan fingerprint density at radius 2 is 0.676 bits per heavy atom. The van der Waals surface area contributed by atoms with E-state index in [0.717, 1.165) is 64.6 Å². The minimum Gasteiger partial charge on any atom is -0.497 e. The summed E-state index contributed by atoms with van der Waals surface area (Å²) < 4.78 is 39.1. The summed E-state index contributed by atoms with van der Waals surface area (Å²) >= 11 is 6.78. The van der Waals surface area contributed by atoms with Crippen LogP contribution in [0.2, 0.25) is 0 Å². The van der Waals surface area contributed by atoms with Crippen LogP contribution in [-0.2, 0) is 66.2 Å². The number of nitrogens with zero attached hydrogens (tertiary/aromatic N) is 5. The maximum atomic E-state index is 14.0. The number of esters is 2. The van der Waals surface area contributed by atoms with Crippen molar-refractivity contribution in [3.05, 3.63) is 400 Å². The number of carboxylic acid groups (broad SMARTS) is 3. The second-order valence-corrected chi connectivity index (χ2v) is 34.2. The standard InChI is InChI=1S/C24H25BrN2O4.C21H19BrN2O4.C21H20N2O4.C20H18N2O5.C19H15FN2O4/c1-15(2)11-20(24(30)31-3)26-23(29)19-14-27(13-16-7-5-4-6-8-16)21-10-9-17(25)12-18(21)22(19)28;1-13(21(27)28-2)23-20(26)17-12-24(11-14-6-4-3-5-7-14)18-9-8-15(22)10-16(18)19(17)25;1-13-7-14(2)9-15(8-13)11-23-12-17(21(27)22-10-19(24)25)20(26)16-5-3-4-6-18(16)23;1-27-14-8-6-13(7-9-14)11-22-12-16(20(26)21-10-18(23)24)19(25)15-4-2-3-5-17(15)22;20-15-7-3-1-5-12(15)10-22-11-14(19(26)21-9-17(23)24)18(25)13-6-2-4-8-16(13)22/h4-10,12,14-15,20H,11,13H2,1-3H3,(H,26,29);3-10,12-13H,11H2,1-2H3,(H,23,26);3-9,12H,10-11H2,1-2H3,(H,22,27)(H,24,25);2-9,12H,10-11H2,1H3,(H,21,26)(H,23,24);1-8,11H,9-10H2,(H,21,26)(H,23,24). The molecule has 0 saturated carbocycles. The molecule has 0 aliphatic heterocycles. The molecule has 0 fully saturated rings. The minimum atomic E-state index is -1.22. The third kappa shape index (κ3) is 27.3. The summed E-state index contributed by atoms with van der Waals surface area (Å²) in [6, 6.07) is 69.3. The molecule has 5 amide bonds. The number of halogens is 3. The number of ether oxygens (including phenoxy) is 3. The highest BCUT2D eigenvalue weighted by molar-refractivity contribution is 9.10. The van der Waals surface area contributed by atoms with Gasteiger partial charge in [-0.15, -0.1) is 0 Å². The SMILES string of the molecule is COC(=O)C(C)NC(=O)c1cn(Cc2ccccc2)c2ccc(Br)cc2c1=O.COC(=O)C(CC(C)C)NC(=O)c1cn(Cc2ccccc2)c2ccc(Br)cc2c1=O.COc1ccc(Cn2cc(C(=O)NCC(=O)O)c(=O)c3ccccc32)cc1.Cc1cc(C)cc(Cn2cc(C(=O)NCC(=O)O)c(=O)c3ccccc32)c1.O=C(O)CNC(=O)c1cn(Cc2ccccc2F)c2ccccc2c1=O. The van der Waals surface area contributed by atoms with Crippen molar-refractivity contribution in [3.63, 3.8) is 0 Å². The van der Waals surface area contributed by atoms with E-state index < -0.39 is 119 Å². The number of carboxylic acids is 3. The minimum absolute atomic E-state index is 0.0146. The molecule has 10 aromatic carbocycles. The van der Waals surface area contributed by atoms with Crippen LogP contribution in [0.15, 0.2) is 300 Å². The molecule has 2 unspecified atom stereocenters. The molecule has 15 aromatic rings. The van der Waals surface area contributed by atoms with Crippen LogP contribution in [0.5, 0.6) is 5.75 Å². The van der Waals surface area contributed by atoms with E-state index in [1.807, 2.05) is 169 Å². The topological polar surface area (TPSA) is 429 Å². The van der Waals surface area contributed by atoms with Gasteiger partial charge in [-0.25, -0.2) is 14.0 Å². The van der Waals surface area contributed by atoms with Gasteiger partial charge in [0, 0.05) is 98.6 Å². The van der Waals surface area contributed by atoms with Crippen LogP contribution in [-0.4, -0.2) is 151 Å². The lowest BCUT2D eigenvalue weighted by atomic mass is 10.0. The predicted molar refractivity (Wildman–Crippen MR) is 532 cm³/mol. The molecule has 5 heterocycles. The summed E-state index contributed by atoms with van der Waals surface area (Å²) in [5, 5.41) is 40.0. The number of fused-ring (bicyclic) bond motifs is 5. The molecule has 0 aliphatic rings. The molecule has 2 atom stereocenters. The van der Waals surface area contributed by atoms with Gasteiger partial charge in [0.1, 0.15) is 71.1 Å². The molecule has 0 aliphatic carbocycles. The second-order valence-electron chi connectivity index (χ2n) is 32.4. The number of aromatic nitrogens is 5. The summed E-state index contributed by atoms with van der Waals surface area (Å²) in [6.45, 7) is 9.77. The zero-order chi connectivity index (χ0) is 100. The highest BCUT2D eigenvalue weighted by atomic mass is 79.9. The normalized spacial score (nSPS) is 11.2. The van der Waals surface area contributed by atoms with E-state index in [1.165, 1.54) is 52.0 Å². The Bertz CT molecular complexity index is 7490. The van der Waals surface area contributed by atoms with Gasteiger partial charge in [0.15, 0.2) is 0 Å². The largest absolute Gasteiger partial charge is 0.497 e. The Labute approximate surface area is 810 Å². The van der Waals surface area contributed by atoms with E-state index in [4.69, 9.17) is 24.8 Å². The number of aryl methyl sites for hydroxylation is 2. The van der Waals surface area contributed by atoms with Crippen molar-refractivity contribution in [2.75, 3.05) is 41.0 Å². The van der Waals surface area contributed by atoms with Crippen LogP contribution in [0.25, 0.3) is 54.5 Å². The van der Waals surface area contributed by atoms with E-state index in [2.05, 4.69) is 81.4 Å². The number of hydrogen-bond acceptors (Lipinski definition) is 18. The van der Waals surface area contributed by atoms with Crippen LogP contribution in [0.1, 0.15) is 118 Å².